The average Bonchev–Trinajstić information content (AvgIpc) is 3.18. The molecule has 1 fully saturated rings. The molecule has 0 N–H and O–H groups in total. The minimum Gasteiger partial charge on any atom is -0.388 e. The highest BCUT2D eigenvalue weighted by molar-refractivity contribution is 8.32. The largest absolute Gasteiger partial charge is 0.574 e. The number of imidazole rings is 1. The Morgan fingerprint density at radius 3 is 2.46 bits per heavy atom. The van der Waals surface area contributed by atoms with Gasteiger partial charge in [-0.05, 0) is 81.2 Å². The third-order valence-electron chi connectivity index (χ3n) is 7.15. The van der Waals surface area contributed by atoms with E-state index in [2.05, 4.69) is 43.4 Å². The smallest absolute Gasteiger partial charge is 0.388 e. The van der Waals surface area contributed by atoms with Gasteiger partial charge in [0, 0.05) is 30.6 Å². The highest BCUT2D eigenvalue weighted by Gasteiger charge is 2.38. The number of aromatic nitrogens is 4. The molecule has 3 aromatic rings. The van der Waals surface area contributed by atoms with E-state index in [1.807, 2.05) is 24.5 Å². The van der Waals surface area contributed by atoms with Crippen molar-refractivity contribution in [3.8, 4) is 5.88 Å². The minimum absolute atomic E-state index is 0.111. The van der Waals surface area contributed by atoms with E-state index in [4.69, 9.17) is 4.74 Å². The molecule has 4 heterocycles. The molecule has 0 radical (unpaired) electrons. The number of piperidine rings is 1. The van der Waals surface area contributed by atoms with E-state index in [0.717, 1.165) is 29.3 Å². The molecule has 1 aliphatic rings. The normalized spacial score (nSPS) is 18.6. The lowest BCUT2D eigenvalue weighted by Gasteiger charge is -2.37. The third-order valence-corrected chi connectivity index (χ3v) is 8.54. The maximum absolute atomic E-state index is 13.4. The summed E-state index contributed by atoms with van der Waals surface area (Å²) in [5, 5.41) is 0. The predicted octanol–water partition coefficient (Wildman–Crippen LogP) is 6.66. The number of rotatable bonds is 9. The number of fused-ring (bicyclic) bond motifs is 1. The van der Waals surface area contributed by atoms with E-state index in [9.17, 15) is 26.3 Å². The van der Waals surface area contributed by atoms with Crippen LogP contribution < -0.4 is 4.74 Å². The van der Waals surface area contributed by atoms with Gasteiger partial charge in [0.15, 0.2) is 5.65 Å². The summed E-state index contributed by atoms with van der Waals surface area (Å²) in [5.41, 5.74) is 0.991. The predicted molar refractivity (Wildman–Crippen MR) is 146 cm³/mol. The van der Waals surface area contributed by atoms with Gasteiger partial charge in [-0.25, -0.2) is 25.0 Å². The minimum atomic E-state index is -5.15. The second-order valence-electron chi connectivity index (χ2n) is 11.2. The van der Waals surface area contributed by atoms with Gasteiger partial charge in [0.2, 0.25) is 5.88 Å². The van der Waals surface area contributed by atoms with Gasteiger partial charge < -0.3 is 9.47 Å². The number of alkyl halides is 6. The van der Waals surface area contributed by atoms with E-state index in [-0.39, 0.29) is 11.6 Å². The van der Waals surface area contributed by atoms with E-state index in [1.54, 1.807) is 6.20 Å². The highest BCUT2D eigenvalue weighted by atomic mass is 32.3. The Morgan fingerprint density at radius 2 is 1.80 bits per heavy atom. The van der Waals surface area contributed by atoms with Crippen LogP contribution in [0.5, 0.6) is 5.88 Å². The second-order valence-corrected chi connectivity index (χ2v) is 15.8. The zero-order chi connectivity index (χ0) is 30.2. The maximum atomic E-state index is 13.4. The van der Waals surface area contributed by atoms with Crippen LogP contribution in [0.2, 0.25) is 0 Å². The molecule has 228 valence electrons. The van der Waals surface area contributed by atoms with Crippen LogP contribution in [0.15, 0.2) is 24.4 Å². The first kappa shape index (κ1) is 31.4. The lowest BCUT2D eigenvalue weighted by molar-refractivity contribution is -0.276. The second kappa shape index (κ2) is 12.0. The van der Waals surface area contributed by atoms with Crippen LogP contribution in [0.3, 0.4) is 0 Å². The average molecular weight is 608 g/mol. The first-order valence-electron chi connectivity index (χ1n) is 13.2. The summed E-state index contributed by atoms with van der Waals surface area (Å²) in [4.78, 5) is 14.4. The van der Waals surface area contributed by atoms with Crippen LogP contribution in [0.4, 0.5) is 26.3 Å². The van der Waals surface area contributed by atoms with Crippen molar-refractivity contribution in [1.82, 2.24) is 24.4 Å². The fraction of sp³-hybridized carbons (Fsp3) is 0.593. The van der Waals surface area contributed by atoms with E-state index in [0.29, 0.717) is 50.4 Å². The van der Waals surface area contributed by atoms with Crippen LogP contribution >= 0.6 is 10.0 Å². The Balaban J connectivity index is 1.51. The Labute approximate surface area is 236 Å². The summed E-state index contributed by atoms with van der Waals surface area (Å²) in [5.74, 6) is 0.222. The van der Waals surface area contributed by atoms with Crippen LogP contribution in [0, 0.1) is 6.92 Å². The van der Waals surface area contributed by atoms with Gasteiger partial charge in [-0.3, -0.25) is 9.47 Å². The van der Waals surface area contributed by atoms with Gasteiger partial charge in [-0.2, -0.15) is 13.2 Å². The van der Waals surface area contributed by atoms with Crippen molar-refractivity contribution in [2.45, 2.75) is 57.9 Å². The lowest BCUT2D eigenvalue weighted by Crippen LogP contribution is -2.36. The van der Waals surface area contributed by atoms with Crippen molar-refractivity contribution in [1.29, 1.82) is 0 Å². The summed E-state index contributed by atoms with van der Waals surface area (Å²) in [6.07, 6.45) is -0.422. The summed E-state index contributed by atoms with van der Waals surface area (Å²) in [6, 6.07) is 3.56. The molecule has 4 rings (SSSR count). The molecule has 41 heavy (non-hydrogen) atoms. The molecule has 2 atom stereocenters. The molecule has 0 amide bonds. The first-order chi connectivity index (χ1) is 19.0. The Hall–Kier alpha value is -2.58. The Kier molecular flexibility index (Phi) is 9.15. The van der Waals surface area contributed by atoms with E-state index >= 15 is 0 Å². The molecule has 0 spiro atoms. The van der Waals surface area contributed by atoms with Gasteiger partial charge in [0.25, 0.3) is 0 Å². The number of ether oxygens (including phenoxy) is 2. The Morgan fingerprint density at radius 1 is 1.07 bits per heavy atom. The molecule has 7 nitrogen and oxygen atoms in total. The number of pyridine rings is 2. The zero-order valence-electron chi connectivity index (χ0n) is 23.6. The van der Waals surface area contributed by atoms with Crippen molar-refractivity contribution in [3.63, 3.8) is 0 Å². The van der Waals surface area contributed by atoms with Crippen LogP contribution in [-0.2, 0) is 17.6 Å². The van der Waals surface area contributed by atoms with Gasteiger partial charge in [-0.15, -0.1) is 13.2 Å². The highest BCUT2D eigenvalue weighted by Crippen LogP contribution is 2.38. The van der Waals surface area contributed by atoms with Crippen molar-refractivity contribution < 1.29 is 35.8 Å². The summed E-state index contributed by atoms with van der Waals surface area (Å²) in [7, 11) is -0.658. The number of nitrogens with zero attached hydrogens (tertiary/aromatic N) is 5. The molecule has 2 unspecified atom stereocenters. The molecule has 0 bridgehead atoms. The van der Waals surface area contributed by atoms with Gasteiger partial charge in [0.05, 0.1) is 6.61 Å². The fourth-order valence-electron chi connectivity index (χ4n) is 4.91. The topological polar surface area (TPSA) is 65.3 Å². The Bertz CT molecular complexity index is 1350. The molecule has 1 aliphatic heterocycles. The molecule has 0 aromatic carbocycles. The number of hydrogen-bond acceptors (Lipinski definition) is 6. The van der Waals surface area contributed by atoms with Gasteiger partial charge in [0.1, 0.15) is 23.8 Å². The molecule has 1 saturated heterocycles. The SMILES string of the molecule is Cc1nc2cc(C(C)N3CCCC(c4cc(OC(F)(F)F)nc(C(F)(F)F)c4)C3)cnc2n1COCCS(C)(C)C. The number of aryl methyl sites for hydroxylation is 1. The van der Waals surface area contributed by atoms with E-state index < -0.39 is 40.1 Å². The number of likely N-dealkylation sites (tertiary alicyclic amines) is 1. The summed E-state index contributed by atoms with van der Waals surface area (Å²) < 4.78 is 90.2. The summed E-state index contributed by atoms with van der Waals surface area (Å²) >= 11 is 0. The van der Waals surface area contributed by atoms with Crippen LogP contribution in [0.25, 0.3) is 11.2 Å². The molecule has 14 heteroatoms. The molecule has 3 aromatic heterocycles. The first-order valence-corrected chi connectivity index (χ1v) is 16.2. The van der Waals surface area contributed by atoms with Crippen molar-refractivity contribution >= 4 is 21.2 Å². The number of hydrogen-bond donors (Lipinski definition) is 0. The maximum Gasteiger partial charge on any atom is 0.574 e. The monoisotopic (exact) mass is 607 g/mol. The lowest BCUT2D eigenvalue weighted by atomic mass is 9.89. The van der Waals surface area contributed by atoms with Crippen molar-refractivity contribution in [3.05, 3.63) is 47.0 Å². The third kappa shape index (κ3) is 8.25. The van der Waals surface area contributed by atoms with E-state index in [1.165, 1.54) is 0 Å². The van der Waals surface area contributed by atoms with Gasteiger partial charge in [-0.1, -0.05) is 0 Å². The van der Waals surface area contributed by atoms with Gasteiger partial charge >= 0.3 is 12.5 Å². The molecular formula is C27H35F6N5O2S. The van der Waals surface area contributed by atoms with Crippen molar-refractivity contribution in [2.24, 2.45) is 0 Å². The standard InChI is InChI=1S/C27H35F6N5O2S/c1-17(21-11-22-25(34-14-21)38(18(2)35-22)16-39-9-10-41(3,4)5)37-8-6-7-19(15-37)20-12-23(26(28,29)30)36-24(13-20)40-27(31,32)33/h11-14,17,19H,6-10,15-16H2,1-5H3. The summed E-state index contributed by atoms with van der Waals surface area (Å²) in [6.45, 7) is 5.88. The fourth-order valence-corrected chi connectivity index (χ4v) is 5.52. The number of halogens is 6. The quantitative estimate of drug-likeness (QED) is 0.200. The molecular weight excluding hydrogens is 572 g/mol. The van der Waals surface area contributed by atoms with Crippen LogP contribution in [0.1, 0.15) is 54.4 Å². The van der Waals surface area contributed by atoms with Crippen LogP contribution in [-0.4, -0.2) is 75.0 Å². The molecule has 0 aliphatic carbocycles. The molecule has 0 saturated carbocycles. The zero-order valence-corrected chi connectivity index (χ0v) is 24.5. The van der Waals surface area contributed by atoms with Crippen molar-refractivity contribution in [2.75, 3.05) is 44.2 Å².